The Bertz CT molecular complexity index is 1600. The first-order valence-electron chi connectivity index (χ1n) is 9.94. The number of fused-ring (bicyclic) bond motifs is 2. The topological polar surface area (TPSA) is 86.7 Å². The molecule has 2 aromatic carbocycles. The first-order valence-corrected chi connectivity index (χ1v) is 10.3. The number of aryl methyl sites for hydroxylation is 2. The van der Waals surface area contributed by atoms with Crippen molar-refractivity contribution < 1.29 is 0 Å². The maximum Gasteiger partial charge on any atom is 0.332 e. The molecule has 3 aromatic heterocycles. The summed E-state index contributed by atoms with van der Waals surface area (Å²) in [6.45, 7) is 0.141. The van der Waals surface area contributed by atoms with Crippen molar-refractivity contribution in [3.63, 3.8) is 0 Å². The molecule has 0 spiro atoms. The summed E-state index contributed by atoms with van der Waals surface area (Å²) in [6, 6.07) is 15.0. The molecule has 0 unspecified atom stereocenters. The van der Waals surface area contributed by atoms with Crippen LogP contribution in [0, 0.1) is 0 Å². The summed E-state index contributed by atoms with van der Waals surface area (Å²) in [5, 5.41) is 5.70. The Morgan fingerprint density at radius 2 is 1.78 bits per heavy atom. The number of rotatable bonds is 4. The van der Waals surface area contributed by atoms with Gasteiger partial charge >= 0.3 is 5.69 Å². The van der Waals surface area contributed by atoms with E-state index in [1.54, 1.807) is 43.2 Å². The quantitative estimate of drug-likeness (QED) is 0.457. The summed E-state index contributed by atoms with van der Waals surface area (Å²) in [6.07, 6.45) is 3.31. The first kappa shape index (κ1) is 20.0. The van der Waals surface area contributed by atoms with E-state index in [2.05, 4.69) is 15.3 Å². The van der Waals surface area contributed by atoms with E-state index in [0.29, 0.717) is 22.1 Å². The summed E-state index contributed by atoms with van der Waals surface area (Å²) >= 11 is 6.26. The van der Waals surface area contributed by atoms with Gasteiger partial charge < -0.3 is 9.88 Å². The molecule has 0 atom stereocenters. The van der Waals surface area contributed by atoms with E-state index in [0.717, 1.165) is 22.0 Å². The molecule has 0 aliphatic heterocycles. The number of imidazole rings is 1. The molecule has 0 saturated heterocycles. The van der Waals surface area contributed by atoms with Crippen molar-refractivity contribution in [2.24, 2.45) is 14.1 Å². The predicted molar refractivity (Wildman–Crippen MR) is 126 cm³/mol. The normalized spacial score (nSPS) is 11.3. The van der Waals surface area contributed by atoms with Gasteiger partial charge in [0.05, 0.1) is 6.54 Å². The van der Waals surface area contributed by atoms with Gasteiger partial charge in [-0.25, -0.2) is 4.79 Å². The minimum Gasteiger partial charge on any atom is -0.325 e. The van der Waals surface area contributed by atoms with Crippen LogP contribution < -0.4 is 16.6 Å². The van der Waals surface area contributed by atoms with Crippen molar-refractivity contribution in [2.75, 3.05) is 5.32 Å². The second-order valence-corrected chi connectivity index (χ2v) is 7.96. The highest BCUT2D eigenvalue weighted by atomic mass is 35.5. The van der Waals surface area contributed by atoms with Gasteiger partial charge in [-0.05, 0) is 35.2 Å². The Kier molecular flexibility index (Phi) is 4.79. The Balaban J connectivity index is 1.62. The van der Waals surface area contributed by atoms with Crippen molar-refractivity contribution in [2.45, 2.75) is 6.54 Å². The summed E-state index contributed by atoms with van der Waals surface area (Å²) in [7, 11) is 3.36. The van der Waals surface area contributed by atoms with E-state index < -0.39 is 11.2 Å². The monoisotopic (exact) mass is 446 g/mol. The number of halogens is 1. The second kappa shape index (κ2) is 7.65. The molecule has 5 rings (SSSR count). The number of pyridine rings is 1. The number of benzene rings is 2. The van der Waals surface area contributed by atoms with Crippen molar-refractivity contribution >= 4 is 45.2 Å². The van der Waals surface area contributed by atoms with Gasteiger partial charge in [-0.15, -0.1) is 0 Å². The number of aromatic nitrogens is 5. The summed E-state index contributed by atoms with van der Waals surface area (Å²) < 4.78 is 4.28. The zero-order valence-corrected chi connectivity index (χ0v) is 18.2. The fourth-order valence-electron chi connectivity index (χ4n) is 3.83. The van der Waals surface area contributed by atoms with Gasteiger partial charge in [0.1, 0.15) is 0 Å². The molecule has 0 aliphatic carbocycles. The largest absolute Gasteiger partial charge is 0.332 e. The molecular formula is C23H19ClN6O2. The molecule has 0 amide bonds. The van der Waals surface area contributed by atoms with E-state index in [-0.39, 0.29) is 6.54 Å². The van der Waals surface area contributed by atoms with E-state index in [9.17, 15) is 9.59 Å². The van der Waals surface area contributed by atoms with Crippen LogP contribution in [0.15, 0.2) is 70.5 Å². The molecule has 1 N–H and O–H groups in total. The van der Waals surface area contributed by atoms with Crippen LogP contribution in [0.25, 0.3) is 21.9 Å². The minimum atomic E-state index is -0.428. The molecule has 8 nitrogen and oxygen atoms in total. The number of anilines is 2. The third-order valence-electron chi connectivity index (χ3n) is 5.53. The molecule has 3 heterocycles. The van der Waals surface area contributed by atoms with Crippen LogP contribution >= 0.6 is 11.6 Å². The SMILES string of the molecule is Cn1c(Nc2ccncc2)nc2c1c(=O)n(Cc1ccc3c(Cl)cccc3c1)c(=O)n2C. The lowest BCUT2D eigenvalue weighted by Crippen LogP contribution is -2.39. The van der Waals surface area contributed by atoms with Crippen LogP contribution in [0.3, 0.4) is 0 Å². The van der Waals surface area contributed by atoms with Gasteiger partial charge in [0.2, 0.25) is 5.95 Å². The molecular weight excluding hydrogens is 428 g/mol. The molecule has 0 saturated carbocycles. The summed E-state index contributed by atoms with van der Waals surface area (Å²) in [4.78, 5) is 34.9. The molecule has 160 valence electrons. The lowest BCUT2D eigenvalue weighted by molar-refractivity contribution is 0.655. The minimum absolute atomic E-state index is 0.141. The fraction of sp³-hybridized carbons (Fsp3) is 0.130. The Morgan fingerprint density at radius 1 is 1.00 bits per heavy atom. The number of hydrogen-bond acceptors (Lipinski definition) is 5. The molecule has 5 aromatic rings. The second-order valence-electron chi connectivity index (χ2n) is 7.56. The molecule has 0 aliphatic rings. The Labute approximate surface area is 187 Å². The predicted octanol–water partition coefficient (Wildman–Crippen LogP) is 3.43. The maximum absolute atomic E-state index is 13.3. The third kappa shape index (κ3) is 3.25. The van der Waals surface area contributed by atoms with Gasteiger partial charge in [0, 0.05) is 42.6 Å². The van der Waals surface area contributed by atoms with E-state index >= 15 is 0 Å². The zero-order chi connectivity index (χ0) is 22.4. The van der Waals surface area contributed by atoms with Gasteiger partial charge in [-0.2, -0.15) is 4.98 Å². The number of nitrogens with zero attached hydrogens (tertiary/aromatic N) is 5. The summed E-state index contributed by atoms with van der Waals surface area (Å²) in [5.74, 6) is 0.455. The highest BCUT2D eigenvalue weighted by Crippen LogP contribution is 2.24. The van der Waals surface area contributed by atoms with Crippen LogP contribution in [-0.4, -0.2) is 23.7 Å². The third-order valence-corrected chi connectivity index (χ3v) is 5.86. The van der Waals surface area contributed by atoms with Crippen molar-refractivity contribution in [1.29, 1.82) is 0 Å². The number of nitrogens with one attached hydrogen (secondary N) is 1. The van der Waals surface area contributed by atoms with Crippen LogP contribution in [0.4, 0.5) is 11.6 Å². The highest BCUT2D eigenvalue weighted by Gasteiger charge is 2.19. The zero-order valence-electron chi connectivity index (χ0n) is 17.4. The molecule has 0 bridgehead atoms. The van der Waals surface area contributed by atoms with E-state index in [1.165, 1.54) is 9.13 Å². The average molecular weight is 447 g/mol. The van der Waals surface area contributed by atoms with E-state index in [4.69, 9.17) is 11.6 Å². The smallest absolute Gasteiger partial charge is 0.325 e. The fourth-order valence-corrected chi connectivity index (χ4v) is 4.08. The Hall–Kier alpha value is -3.91. The molecule has 0 fully saturated rings. The molecule has 0 radical (unpaired) electrons. The van der Waals surface area contributed by atoms with Crippen LogP contribution in [-0.2, 0) is 20.6 Å². The molecule has 32 heavy (non-hydrogen) atoms. The lowest BCUT2D eigenvalue weighted by Gasteiger charge is -2.10. The van der Waals surface area contributed by atoms with Gasteiger partial charge in [0.25, 0.3) is 5.56 Å². The first-order chi connectivity index (χ1) is 15.4. The average Bonchev–Trinajstić information content (AvgIpc) is 3.12. The van der Waals surface area contributed by atoms with Crippen molar-refractivity contribution in [3.8, 4) is 0 Å². The standard InChI is InChI=1S/C23H19ClN6O2/c1-28-19-20(27-22(28)26-16-8-10-25-11-9-16)29(2)23(32)30(21(19)31)13-14-6-7-17-15(12-14)4-3-5-18(17)24/h3-12H,13H2,1-2H3,(H,25,26,27). The van der Waals surface area contributed by atoms with Crippen molar-refractivity contribution in [1.82, 2.24) is 23.7 Å². The van der Waals surface area contributed by atoms with Crippen molar-refractivity contribution in [3.05, 3.63) is 92.3 Å². The highest BCUT2D eigenvalue weighted by molar-refractivity contribution is 6.35. The lowest BCUT2D eigenvalue weighted by atomic mass is 10.1. The molecule has 9 heteroatoms. The van der Waals surface area contributed by atoms with Gasteiger partial charge in [-0.3, -0.25) is 18.9 Å². The van der Waals surface area contributed by atoms with Crippen LogP contribution in [0.1, 0.15) is 5.56 Å². The van der Waals surface area contributed by atoms with Gasteiger partial charge in [-0.1, -0.05) is 35.9 Å². The van der Waals surface area contributed by atoms with E-state index in [1.807, 2.05) is 36.4 Å². The number of hydrogen-bond donors (Lipinski definition) is 1. The Morgan fingerprint density at radius 3 is 2.56 bits per heavy atom. The summed E-state index contributed by atoms with van der Waals surface area (Å²) in [5.41, 5.74) is 1.44. The van der Waals surface area contributed by atoms with Crippen LogP contribution in [0.5, 0.6) is 0 Å². The van der Waals surface area contributed by atoms with Gasteiger partial charge in [0.15, 0.2) is 11.2 Å². The maximum atomic E-state index is 13.3. The van der Waals surface area contributed by atoms with Crippen LogP contribution in [0.2, 0.25) is 5.02 Å².